The van der Waals surface area contributed by atoms with Gasteiger partial charge in [0.05, 0.1) is 26.4 Å². The Morgan fingerprint density at radius 2 is 1.38 bits per heavy atom. The number of rotatable bonds is 22. The molecule has 5 rings (SSSR count). The molecule has 1 fully saturated rings. The smallest absolute Gasteiger partial charge is 0.341 e. The molecule has 4 aromatic rings. The third-order valence-corrected chi connectivity index (χ3v) is 18.5. The summed E-state index contributed by atoms with van der Waals surface area (Å²) in [5.41, 5.74) is 6.68. The highest BCUT2D eigenvalue weighted by atomic mass is 32.1. The lowest BCUT2D eigenvalue weighted by Crippen LogP contribution is -2.38. The summed E-state index contributed by atoms with van der Waals surface area (Å²) in [4.78, 5) is 27.0. The minimum absolute atomic E-state index is 0.106. The van der Waals surface area contributed by atoms with Gasteiger partial charge in [0.2, 0.25) is 7.37 Å². The number of H-pyrrole nitrogens is 1. The second-order valence-corrected chi connectivity index (χ2v) is 21.9. The van der Waals surface area contributed by atoms with E-state index in [-0.39, 0.29) is 38.4 Å². The van der Waals surface area contributed by atoms with Crippen LogP contribution in [-0.4, -0.2) is 45.5 Å². The van der Waals surface area contributed by atoms with Gasteiger partial charge in [-0.15, -0.1) is 12.6 Å². The normalized spacial score (nSPS) is 19.4. The quantitative estimate of drug-likeness (QED) is 0.0294. The molecule has 18 heteroatoms. The number of aryl methyl sites for hydroxylation is 1. The second kappa shape index (κ2) is 24.2. The summed E-state index contributed by atoms with van der Waals surface area (Å²) in [5, 5.41) is 0. The van der Waals surface area contributed by atoms with E-state index in [0.29, 0.717) is 22.3 Å². The van der Waals surface area contributed by atoms with E-state index in [9.17, 15) is 14.2 Å². The molecule has 6 unspecified atom stereocenters. The standard InChI is InChI=1S/C41H50N3O11P3S.C2H6/c1-4-15-32(16-5-2)26-53-58(49,55-40(59)38-36(42)23-37(54-38)44-24-31(3)39(45)43-41(44)46)30-56(47,50-25-33-17-9-6-10-18-33)29-57(48,51-27-34-19-11-7-12-20-34)52-28-35-21-13-8-14-22-35;1-2/h4-22,24,36-38,40,59H,1,23,25-30,42H2,2-3H3,(H,43,45,46);1-2H3/b16-5-,32-15+;. The number of aromatic nitrogens is 2. The van der Waals surface area contributed by atoms with Gasteiger partial charge in [0.1, 0.15) is 29.6 Å². The van der Waals surface area contributed by atoms with E-state index in [1.807, 2.05) is 32.0 Å². The van der Waals surface area contributed by atoms with Gasteiger partial charge < -0.3 is 28.6 Å². The maximum atomic E-state index is 15.4. The highest BCUT2D eigenvalue weighted by Crippen LogP contribution is 2.71. The van der Waals surface area contributed by atoms with Crippen LogP contribution in [0.3, 0.4) is 0 Å². The number of aromatic amines is 1. The van der Waals surface area contributed by atoms with Gasteiger partial charge >= 0.3 is 20.9 Å². The van der Waals surface area contributed by atoms with Gasteiger partial charge in [-0.25, -0.2) is 4.79 Å². The Bertz CT molecular complexity index is 2280. The van der Waals surface area contributed by atoms with Crippen molar-refractivity contribution in [3.05, 3.63) is 177 Å². The molecule has 0 spiro atoms. The monoisotopic (exact) mass is 915 g/mol. The molecule has 3 aromatic carbocycles. The Morgan fingerprint density at radius 3 is 1.89 bits per heavy atom. The first-order valence-electron chi connectivity index (χ1n) is 19.7. The van der Waals surface area contributed by atoms with Crippen molar-refractivity contribution in [2.45, 2.75) is 77.7 Å². The van der Waals surface area contributed by atoms with Gasteiger partial charge in [-0.3, -0.25) is 32.6 Å². The number of nitrogens with one attached hydrogen (secondary N) is 1. The third-order valence-electron chi connectivity index (χ3n) is 8.98. The second-order valence-electron chi connectivity index (χ2n) is 13.8. The van der Waals surface area contributed by atoms with Gasteiger partial charge in [0.15, 0.2) is 0 Å². The third kappa shape index (κ3) is 15.6. The summed E-state index contributed by atoms with van der Waals surface area (Å²) in [6.45, 7) is 10.3. The molecular weight excluding hydrogens is 859 g/mol. The van der Waals surface area contributed by atoms with Crippen molar-refractivity contribution in [2.24, 2.45) is 5.73 Å². The number of nitrogens with two attached hydrogens (primary N) is 1. The molecule has 0 radical (unpaired) electrons. The predicted octanol–water partition coefficient (Wildman–Crippen LogP) is 9.69. The Balaban J connectivity index is 0.00000403. The summed E-state index contributed by atoms with van der Waals surface area (Å²) in [6.07, 6.45) is 6.09. The fraction of sp³-hybridized carbons (Fsp3) is 0.349. The first-order chi connectivity index (χ1) is 29.2. The molecule has 0 bridgehead atoms. The summed E-state index contributed by atoms with van der Waals surface area (Å²) in [5.74, 6) is -1.67. The number of ether oxygens (including phenoxy) is 1. The van der Waals surface area contributed by atoms with E-state index < -0.39 is 69.4 Å². The van der Waals surface area contributed by atoms with Crippen molar-refractivity contribution in [3.8, 4) is 0 Å². The van der Waals surface area contributed by atoms with E-state index in [1.54, 1.807) is 105 Å². The topological polar surface area (TPSA) is 187 Å². The summed E-state index contributed by atoms with van der Waals surface area (Å²) < 4.78 is 83.0. The molecule has 330 valence electrons. The molecule has 6 atom stereocenters. The largest absolute Gasteiger partial charge is 0.349 e. The number of benzene rings is 3. The fourth-order valence-electron chi connectivity index (χ4n) is 6.02. The van der Waals surface area contributed by atoms with E-state index in [0.717, 1.165) is 0 Å². The average Bonchev–Trinajstić information content (AvgIpc) is 3.65. The lowest BCUT2D eigenvalue weighted by molar-refractivity contribution is -0.0333. The highest BCUT2D eigenvalue weighted by Gasteiger charge is 2.48. The van der Waals surface area contributed by atoms with E-state index in [1.165, 1.54) is 16.8 Å². The Kier molecular flexibility index (Phi) is 19.9. The maximum absolute atomic E-state index is 15.4. The number of thiol groups is 1. The van der Waals surface area contributed by atoms with Crippen molar-refractivity contribution in [1.29, 1.82) is 0 Å². The molecule has 2 heterocycles. The Labute approximate surface area is 363 Å². The molecule has 1 aliphatic rings. The lowest BCUT2D eigenvalue weighted by Gasteiger charge is -2.30. The van der Waals surface area contributed by atoms with E-state index >= 15 is 9.13 Å². The number of hydrogen-bond acceptors (Lipinski definition) is 13. The number of allylic oxidation sites excluding steroid dienone is 3. The molecule has 0 amide bonds. The van der Waals surface area contributed by atoms with Crippen molar-refractivity contribution >= 4 is 35.2 Å². The molecule has 1 aliphatic heterocycles. The van der Waals surface area contributed by atoms with Gasteiger partial charge in [0, 0.05) is 24.2 Å². The zero-order valence-corrected chi connectivity index (χ0v) is 38.4. The Morgan fingerprint density at radius 1 is 0.869 bits per heavy atom. The zero-order chi connectivity index (χ0) is 44.5. The van der Waals surface area contributed by atoms with Crippen LogP contribution in [0.5, 0.6) is 0 Å². The van der Waals surface area contributed by atoms with Crippen LogP contribution in [0, 0.1) is 6.92 Å². The fourth-order valence-corrected chi connectivity index (χ4v) is 16.0. The molecule has 14 nitrogen and oxygen atoms in total. The van der Waals surface area contributed by atoms with Crippen molar-refractivity contribution < 1.29 is 41.1 Å². The predicted molar refractivity (Wildman–Crippen MR) is 243 cm³/mol. The Hall–Kier alpha value is -3.68. The van der Waals surface area contributed by atoms with Gasteiger partial charge in [-0.1, -0.05) is 136 Å². The maximum Gasteiger partial charge on any atom is 0.341 e. The molecule has 0 saturated carbocycles. The SMILES string of the molecule is C=C/C=C(\C=C/C)COP(=O)(CP(=O)(CP(=O)(OCc1ccccc1)OCc1ccccc1)OCc1ccccc1)OC(S)C1OC(n2cc(C)c(=O)[nH]c2=O)CC1N.CC. The van der Waals surface area contributed by atoms with E-state index in [4.69, 9.17) is 33.1 Å². The minimum atomic E-state index is -4.61. The van der Waals surface area contributed by atoms with Crippen LogP contribution in [0.2, 0.25) is 0 Å². The van der Waals surface area contributed by atoms with E-state index in [2.05, 4.69) is 24.2 Å². The molecule has 61 heavy (non-hydrogen) atoms. The summed E-state index contributed by atoms with van der Waals surface area (Å²) in [7, 11) is -13.4. The average molecular weight is 916 g/mol. The van der Waals surface area contributed by atoms with Crippen LogP contribution >= 0.6 is 35.2 Å². The van der Waals surface area contributed by atoms with Crippen LogP contribution in [-0.2, 0) is 60.9 Å². The van der Waals surface area contributed by atoms with Crippen LogP contribution in [0.15, 0.2) is 143 Å². The summed E-state index contributed by atoms with van der Waals surface area (Å²) >= 11 is 4.61. The first-order valence-corrected chi connectivity index (χ1v) is 25.7. The van der Waals surface area contributed by atoms with Crippen LogP contribution in [0.1, 0.15) is 55.7 Å². The minimum Gasteiger partial charge on any atom is -0.349 e. The van der Waals surface area contributed by atoms with Crippen LogP contribution in [0.4, 0.5) is 0 Å². The zero-order valence-electron chi connectivity index (χ0n) is 34.8. The summed E-state index contributed by atoms with van der Waals surface area (Å²) in [6, 6.07) is 26.0. The van der Waals surface area contributed by atoms with Crippen molar-refractivity contribution in [3.63, 3.8) is 0 Å². The van der Waals surface area contributed by atoms with Gasteiger partial charge in [-0.2, -0.15) is 0 Å². The first kappa shape index (κ1) is 50.0. The number of hydrogen-bond donors (Lipinski definition) is 3. The number of nitrogens with zero attached hydrogens (tertiary/aromatic N) is 1. The lowest BCUT2D eigenvalue weighted by atomic mass is 10.1. The molecule has 3 N–H and O–H groups in total. The van der Waals surface area contributed by atoms with Crippen LogP contribution in [0.25, 0.3) is 0 Å². The molecule has 1 saturated heterocycles. The highest BCUT2D eigenvalue weighted by molar-refractivity contribution is 7.82. The van der Waals surface area contributed by atoms with Crippen LogP contribution < -0.4 is 17.0 Å². The van der Waals surface area contributed by atoms with Crippen molar-refractivity contribution in [2.75, 3.05) is 18.4 Å². The molecule has 1 aromatic heterocycles. The van der Waals surface area contributed by atoms with Gasteiger partial charge in [-0.05, 0) is 36.1 Å². The molecule has 0 aliphatic carbocycles. The van der Waals surface area contributed by atoms with Crippen molar-refractivity contribution in [1.82, 2.24) is 9.55 Å². The molecular formula is C43H56N3O11P3S. The van der Waals surface area contributed by atoms with Gasteiger partial charge in [0.25, 0.3) is 5.56 Å².